The van der Waals surface area contributed by atoms with E-state index in [1.54, 1.807) is 38.1 Å². The number of hydrogen-bond donors (Lipinski definition) is 3. The first-order valence-electron chi connectivity index (χ1n) is 6.02. The average molecular weight is 271 g/mol. The van der Waals surface area contributed by atoms with Crippen molar-refractivity contribution in [2.24, 2.45) is 5.73 Å². The fourth-order valence-electron chi connectivity index (χ4n) is 1.47. The normalized spacial score (nSPS) is 11.8. The number of benzene rings is 1. The number of rotatable bonds is 7. The molecule has 1 rings (SSSR count). The van der Waals surface area contributed by atoms with Gasteiger partial charge in [0.2, 0.25) is 10.0 Å². The lowest BCUT2D eigenvalue weighted by molar-refractivity contribution is 0.570. The zero-order valence-electron chi connectivity index (χ0n) is 10.8. The maximum Gasteiger partial charge on any atom is 0.240 e. The predicted octanol–water partition coefficient (Wildman–Crippen LogP) is 1.13. The highest BCUT2D eigenvalue weighted by Gasteiger charge is 2.14. The Morgan fingerprint density at radius 1 is 1.22 bits per heavy atom. The second-order valence-corrected chi connectivity index (χ2v) is 6.08. The van der Waals surface area contributed by atoms with E-state index in [0.717, 1.165) is 18.7 Å². The maximum absolute atomic E-state index is 11.9. The summed E-state index contributed by atoms with van der Waals surface area (Å²) in [5.74, 6) is 0. The van der Waals surface area contributed by atoms with Crippen LogP contribution in [0.4, 0.5) is 5.69 Å². The van der Waals surface area contributed by atoms with Crippen molar-refractivity contribution in [3.05, 3.63) is 24.3 Å². The molecular weight excluding hydrogens is 250 g/mol. The number of sulfonamides is 1. The van der Waals surface area contributed by atoms with Crippen molar-refractivity contribution < 1.29 is 8.42 Å². The summed E-state index contributed by atoms with van der Waals surface area (Å²) in [6.45, 7) is 5.01. The fourth-order valence-corrected chi connectivity index (χ4v) is 2.72. The van der Waals surface area contributed by atoms with E-state index in [0.29, 0.717) is 6.54 Å². The minimum Gasteiger partial charge on any atom is -0.385 e. The molecule has 0 amide bonds. The third-order valence-corrected chi connectivity index (χ3v) is 3.94. The fraction of sp³-hybridized carbons (Fsp3) is 0.500. The van der Waals surface area contributed by atoms with E-state index in [9.17, 15) is 8.42 Å². The van der Waals surface area contributed by atoms with Crippen molar-refractivity contribution in [1.29, 1.82) is 0 Å². The summed E-state index contributed by atoms with van der Waals surface area (Å²) in [4.78, 5) is 0.278. The molecule has 0 aliphatic rings. The molecule has 6 heteroatoms. The van der Waals surface area contributed by atoms with E-state index in [4.69, 9.17) is 5.73 Å². The molecule has 1 aromatic rings. The lowest BCUT2D eigenvalue weighted by Gasteiger charge is -2.10. The number of hydrogen-bond acceptors (Lipinski definition) is 4. The quantitative estimate of drug-likeness (QED) is 0.649. The molecule has 0 unspecified atom stereocenters. The lowest BCUT2D eigenvalue weighted by Crippen LogP contribution is -2.30. The van der Waals surface area contributed by atoms with Crippen molar-refractivity contribution >= 4 is 15.7 Å². The average Bonchev–Trinajstić information content (AvgIpc) is 2.28. The van der Waals surface area contributed by atoms with E-state index in [1.165, 1.54) is 0 Å². The molecule has 1 aromatic carbocycles. The Hall–Kier alpha value is -1.11. The van der Waals surface area contributed by atoms with E-state index in [-0.39, 0.29) is 10.9 Å². The smallest absolute Gasteiger partial charge is 0.240 e. The Morgan fingerprint density at radius 3 is 2.33 bits per heavy atom. The van der Waals surface area contributed by atoms with Crippen molar-refractivity contribution in [1.82, 2.24) is 4.72 Å². The molecule has 18 heavy (non-hydrogen) atoms. The van der Waals surface area contributed by atoms with Gasteiger partial charge in [-0.2, -0.15) is 0 Å². The molecule has 0 spiro atoms. The van der Waals surface area contributed by atoms with Gasteiger partial charge in [-0.15, -0.1) is 0 Å². The van der Waals surface area contributed by atoms with E-state index in [1.807, 2.05) is 0 Å². The highest BCUT2D eigenvalue weighted by molar-refractivity contribution is 7.89. The molecule has 0 radical (unpaired) electrons. The van der Waals surface area contributed by atoms with Gasteiger partial charge in [-0.05, 0) is 51.1 Å². The maximum atomic E-state index is 11.9. The van der Waals surface area contributed by atoms with Gasteiger partial charge in [0.25, 0.3) is 0 Å². The molecule has 0 aliphatic carbocycles. The van der Waals surface area contributed by atoms with Gasteiger partial charge in [0, 0.05) is 18.3 Å². The van der Waals surface area contributed by atoms with Crippen molar-refractivity contribution in [3.63, 3.8) is 0 Å². The van der Waals surface area contributed by atoms with Crippen LogP contribution in [-0.4, -0.2) is 27.5 Å². The van der Waals surface area contributed by atoms with Crippen LogP contribution in [0.15, 0.2) is 29.2 Å². The highest BCUT2D eigenvalue weighted by Crippen LogP contribution is 2.14. The van der Waals surface area contributed by atoms with E-state index in [2.05, 4.69) is 10.0 Å². The zero-order valence-corrected chi connectivity index (χ0v) is 11.6. The topological polar surface area (TPSA) is 84.2 Å². The zero-order chi connectivity index (χ0) is 13.6. The van der Waals surface area contributed by atoms with E-state index >= 15 is 0 Å². The first-order chi connectivity index (χ1) is 8.45. The molecule has 0 aliphatic heterocycles. The van der Waals surface area contributed by atoms with Crippen LogP contribution in [-0.2, 0) is 10.0 Å². The Balaban J connectivity index is 2.70. The van der Waals surface area contributed by atoms with Crippen molar-refractivity contribution in [2.75, 3.05) is 18.4 Å². The van der Waals surface area contributed by atoms with Crippen LogP contribution in [0.3, 0.4) is 0 Å². The van der Waals surface area contributed by atoms with Crippen LogP contribution >= 0.6 is 0 Å². The summed E-state index contributed by atoms with van der Waals surface area (Å²) in [6.07, 6.45) is 0.884. The lowest BCUT2D eigenvalue weighted by atomic mass is 10.3. The number of nitrogens with two attached hydrogens (primary N) is 1. The highest BCUT2D eigenvalue weighted by atomic mass is 32.2. The molecule has 5 nitrogen and oxygen atoms in total. The van der Waals surface area contributed by atoms with Gasteiger partial charge in [-0.3, -0.25) is 0 Å². The molecule has 0 atom stereocenters. The van der Waals surface area contributed by atoms with Gasteiger partial charge in [-0.25, -0.2) is 13.1 Å². The molecular formula is C12H21N3O2S. The Kier molecular flexibility index (Phi) is 5.58. The number of nitrogens with one attached hydrogen (secondary N) is 2. The summed E-state index contributed by atoms with van der Waals surface area (Å²) < 4.78 is 26.3. The summed E-state index contributed by atoms with van der Waals surface area (Å²) in [5.41, 5.74) is 6.29. The van der Waals surface area contributed by atoms with Gasteiger partial charge in [-0.1, -0.05) is 0 Å². The third kappa shape index (κ3) is 4.64. The van der Waals surface area contributed by atoms with Gasteiger partial charge >= 0.3 is 0 Å². The van der Waals surface area contributed by atoms with Crippen LogP contribution in [0, 0.1) is 0 Å². The summed E-state index contributed by atoms with van der Waals surface area (Å²) in [5, 5.41) is 3.17. The van der Waals surface area contributed by atoms with Crippen LogP contribution in [0.2, 0.25) is 0 Å². The van der Waals surface area contributed by atoms with Crippen LogP contribution in [0.1, 0.15) is 20.3 Å². The molecule has 0 saturated carbocycles. The van der Waals surface area contributed by atoms with Crippen LogP contribution in [0.5, 0.6) is 0 Å². The molecule has 0 saturated heterocycles. The second kappa shape index (κ2) is 6.72. The Morgan fingerprint density at radius 2 is 1.83 bits per heavy atom. The van der Waals surface area contributed by atoms with Crippen LogP contribution in [0.25, 0.3) is 0 Å². The van der Waals surface area contributed by atoms with Crippen molar-refractivity contribution in [3.8, 4) is 0 Å². The monoisotopic (exact) mass is 271 g/mol. The summed E-state index contributed by atoms with van der Waals surface area (Å²) in [6, 6.07) is 6.58. The number of anilines is 1. The molecule has 0 aromatic heterocycles. The minimum atomic E-state index is -3.40. The SMILES string of the molecule is CC(C)NS(=O)(=O)c1ccc(NCCCN)cc1. The second-order valence-electron chi connectivity index (χ2n) is 4.37. The molecule has 102 valence electrons. The minimum absolute atomic E-state index is 0.114. The predicted molar refractivity (Wildman–Crippen MR) is 74.1 cm³/mol. The van der Waals surface area contributed by atoms with Gasteiger partial charge in [0.15, 0.2) is 0 Å². The largest absolute Gasteiger partial charge is 0.385 e. The summed E-state index contributed by atoms with van der Waals surface area (Å²) >= 11 is 0. The standard InChI is InChI=1S/C12H21N3O2S/c1-10(2)15-18(16,17)12-6-4-11(5-7-12)14-9-3-8-13/h4-7,10,14-15H,3,8-9,13H2,1-2H3. The molecule has 0 bridgehead atoms. The van der Waals surface area contributed by atoms with Crippen LogP contribution < -0.4 is 15.8 Å². The van der Waals surface area contributed by atoms with Gasteiger partial charge in [0.1, 0.15) is 0 Å². The van der Waals surface area contributed by atoms with E-state index < -0.39 is 10.0 Å². The Labute approximate surface area is 109 Å². The van der Waals surface area contributed by atoms with Gasteiger partial charge < -0.3 is 11.1 Å². The molecule has 4 N–H and O–H groups in total. The van der Waals surface area contributed by atoms with Gasteiger partial charge in [0.05, 0.1) is 4.90 Å². The first kappa shape index (κ1) is 14.9. The molecule has 0 fully saturated rings. The molecule has 0 heterocycles. The van der Waals surface area contributed by atoms with Crippen molar-refractivity contribution in [2.45, 2.75) is 31.2 Å². The summed E-state index contributed by atoms with van der Waals surface area (Å²) in [7, 11) is -3.40. The third-order valence-electron chi connectivity index (χ3n) is 2.27. The Bertz CT molecular complexity index is 455. The first-order valence-corrected chi connectivity index (χ1v) is 7.50.